The SMILES string of the molecule is COc1cc2sc(C=C(C(=O)O)c3ccncc3)c(Oc3cccnc3)c2cc1OC. The standard InChI is InChI=1S/C23H18N2O5S/c1-28-18-10-17-20(12-19(18)29-2)31-21(22(17)30-15-4-3-7-25-13-15)11-16(23(26)27)14-5-8-24-9-6-14/h3-13H,1-2H3,(H,26,27). The van der Waals surface area contributed by atoms with Crippen LogP contribution >= 0.6 is 11.3 Å². The number of methoxy groups -OCH3 is 2. The van der Waals surface area contributed by atoms with E-state index in [1.165, 1.54) is 11.3 Å². The Labute approximate surface area is 182 Å². The molecule has 0 aliphatic rings. The summed E-state index contributed by atoms with van der Waals surface area (Å²) >= 11 is 1.40. The summed E-state index contributed by atoms with van der Waals surface area (Å²) in [6.07, 6.45) is 7.96. The van der Waals surface area contributed by atoms with Crippen LogP contribution in [0.25, 0.3) is 21.7 Å². The molecule has 0 amide bonds. The lowest BCUT2D eigenvalue weighted by Crippen LogP contribution is -1.99. The molecule has 3 aromatic heterocycles. The van der Waals surface area contributed by atoms with Crippen LogP contribution in [0, 0.1) is 0 Å². The number of aliphatic carboxylic acids is 1. The molecule has 0 atom stereocenters. The van der Waals surface area contributed by atoms with Crippen LogP contribution in [0.3, 0.4) is 0 Å². The van der Waals surface area contributed by atoms with Gasteiger partial charge in [-0.05, 0) is 42.0 Å². The molecule has 0 spiro atoms. The average molecular weight is 434 g/mol. The minimum absolute atomic E-state index is 0.129. The summed E-state index contributed by atoms with van der Waals surface area (Å²) < 4.78 is 17.9. The highest BCUT2D eigenvalue weighted by Crippen LogP contribution is 2.46. The monoisotopic (exact) mass is 434 g/mol. The van der Waals surface area contributed by atoms with Gasteiger partial charge in [-0.1, -0.05) is 0 Å². The molecule has 0 unspecified atom stereocenters. The molecule has 1 N–H and O–H groups in total. The van der Waals surface area contributed by atoms with Crippen molar-refractivity contribution in [2.45, 2.75) is 0 Å². The van der Waals surface area contributed by atoms with Gasteiger partial charge in [0.25, 0.3) is 0 Å². The Morgan fingerprint density at radius 2 is 1.77 bits per heavy atom. The first-order chi connectivity index (χ1) is 15.1. The minimum Gasteiger partial charge on any atom is -0.493 e. The number of pyridine rings is 2. The molecule has 0 fully saturated rings. The zero-order valence-corrected chi connectivity index (χ0v) is 17.6. The van der Waals surface area contributed by atoms with Gasteiger partial charge in [0.05, 0.1) is 30.9 Å². The van der Waals surface area contributed by atoms with Crippen LogP contribution in [-0.2, 0) is 4.79 Å². The van der Waals surface area contributed by atoms with Gasteiger partial charge >= 0.3 is 5.97 Å². The predicted molar refractivity (Wildman–Crippen MR) is 119 cm³/mol. The molecule has 0 aliphatic carbocycles. The van der Waals surface area contributed by atoms with E-state index in [9.17, 15) is 9.90 Å². The molecule has 1 aromatic carbocycles. The number of ether oxygens (including phenoxy) is 3. The van der Waals surface area contributed by atoms with E-state index in [2.05, 4.69) is 9.97 Å². The van der Waals surface area contributed by atoms with Crippen LogP contribution in [-0.4, -0.2) is 35.3 Å². The van der Waals surface area contributed by atoms with E-state index in [-0.39, 0.29) is 5.57 Å². The van der Waals surface area contributed by atoms with E-state index in [4.69, 9.17) is 14.2 Å². The Balaban J connectivity index is 1.94. The van der Waals surface area contributed by atoms with Gasteiger partial charge in [0.1, 0.15) is 5.75 Å². The molecule has 156 valence electrons. The number of hydrogen-bond donors (Lipinski definition) is 1. The fraction of sp³-hybridized carbons (Fsp3) is 0.0870. The predicted octanol–water partition coefficient (Wildman–Crippen LogP) is 5.13. The van der Waals surface area contributed by atoms with Crippen molar-refractivity contribution in [1.82, 2.24) is 9.97 Å². The fourth-order valence-electron chi connectivity index (χ4n) is 3.08. The van der Waals surface area contributed by atoms with Crippen molar-refractivity contribution in [2.75, 3.05) is 14.2 Å². The van der Waals surface area contributed by atoms with E-state index in [0.29, 0.717) is 33.4 Å². The van der Waals surface area contributed by atoms with Crippen LogP contribution in [0.2, 0.25) is 0 Å². The van der Waals surface area contributed by atoms with Gasteiger partial charge in [-0.2, -0.15) is 0 Å². The lowest BCUT2D eigenvalue weighted by Gasteiger charge is -2.09. The van der Waals surface area contributed by atoms with Gasteiger partial charge in [-0.3, -0.25) is 9.97 Å². The Morgan fingerprint density at radius 1 is 1.03 bits per heavy atom. The molecule has 0 aliphatic heterocycles. The molecular formula is C23H18N2O5S. The van der Waals surface area contributed by atoms with E-state index >= 15 is 0 Å². The molecular weight excluding hydrogens is 416 g/mol. The van der Waals surface area contributed by atoms with Crippen LogP contribution in [0.15, 0.2) is 61.2 Å². The van der Waals surface area contributed by atoms with Crippen molar-refractivity contribution >= 4 is 39.0 Å². The number of carboxylic acids is 1. The summed E-state index contributed by atoms with van der Waals surface area (Å²) in [5.41, 5.74) is 0.673. The van der Waals surface area contributed by atoms with Gasteiger partial charge in [-0.25, -0.2) is 4.79 Å². The van der Waals surface area contributed by atoms with Gasteiger partial charge in [0.2, 0.25) is 0 Å². The molecule has 0 saturated carbocycles. The number of carboxylic acid groups (broad SMARTS) is 1. The van der Waals surface area contributed by atoms with E-state index in [1.54, 1.807) is 69.3 Å². The summed E-state index contributed by atoms with van der Waals surface area (Å²) in [6.45, 7) is 0. The Morgan fingerprint density at radius 3 is 2.42 bits per heavy atom. The second-order valence-corrected chi connectivity index (χ2v) is 7.47. The average Bonchev–Trinajstić information content (AvgIpc) is 3.13. The van der Waals surface area contributed by atoms with Crippen LogP contribution in [0.1, 0.15) is 10.4 Å². The summed E-state index contributed by atoms with van der Waals surface area (Å²) in [5.74, 6) is 1.12. The van der Waals surface area contributed by atoms with Crippen LogP contribution < -0.4 is 14.2 Å². The number of rotatable bonds is 7. The molecule has 8 heteroatoms. The first kappa shape index (κ1) is 20.4. The van der Waals surface area contributed by atoms with Crippen molar-refractivity contribution in [1.29, 1.82) is 0 Å². The maximum Gasteiger partial charge on any atom is 0.336 e. The van der Waals surface area contributed by atoms with Gasteiger partial charge in [0.15, 0.2) is 17.2 Å². The number of aromatic nitrogens is 2. The maximum atomic E-state index is 12.0. The highest BCUT2D eigenvalue weighted by Gasteiger charge is 2.20. The second-order valence-electron chi connectivity index (χ2n) is 6.39. The largest absolute Gasteiger partial charge is 0.493 e. The molecule has 3 heterocycles. The Bertz CT molecular complexity index is 1250. The lowest BCUT2D eigenvalue weighted by atomic mass is 10.1. The third-order valence-corrected chi connectivity index (χ3v) is 5.61. The first-order valence-corrected chi connectivity index (χ1v) is 10.0. The van der Waals surface area contributed by atoms with Gasteiger partial charge < -0.3 is 19.3 Å². The molecule has 7 nitrogen and oxygen atoms in total. The summed E-state index contributed by atoms with van der Waals surface area (Å²) in [5, 5.41) is 10.6. The van der Waals surface area contributed by atoms with Gasteiger partial charge in [0, 0.05) is 34.7 Å². The maximum absolute atomic E-state index is 12.0. The van der Waals surface area contributed by atoms with E-state index < -0.39 is 5.97 Å². The Kier molecular flexibility index (Phi) is 5.81. The quantitative estimate of drug-likeness (QED) is 0.403. The molecule has 4 aromatic rings. The van der Waals surface area contributed by atoms with Crippen LogP contribution in [0.4, 0.5) is 0 Å². The zero-order chi connectivity index (χ0) is 21.8. The highest BCUT2D eigenvalue weighted by atomic mass is 32.1. The Hall–Kier alpha value is -3.91. The van der Waals surface area contributed by atoms with Gasteiger partial charge in [-0.15, -0.1) is 11.3 Å². The summed E-state index contributed by atoms with van der Waals surface area (Å²) in [4.78, 5) is 20.7. The van der Waals surface area contributed by atoms with Crippen molar-refractivity contribution in [3.8, 4) is 23.0 Å². The van der Waals surface area contributed by atoms with Crippen LogP contribution in [0.5, 0.6) is 23.0 Å². The van der Waals surface area contributed by atoms with Crippen molar-refractivity contribution in [3.05, 3.63) is 71.6 Å². The minimum atomic E-state index is -1.05. The first-order valence-electron chi connectivity index (χ1n) is 9.22. The molecule has 0 saturated heterocycles. The number of hydrogen-bond acceptors (Lipinski definition) is 7. The molecule has 0 bridgehead atoms. The molecule has 4 rings (SSSR count). The summed E-state index contributed by atoms with van der Waals surface area (Å²) in [6, 6.07) is 10.5. The summed E-state index contributed by atoms with van der Waals surface area (Å²) in [7, 11) is 3.13. The number of nitrogens with zero attached hydrogens (tertiary/aromatic N) is 2. The zero-order valence-electron chi connectivity index (χ0n) is 16.7. The number of carbonyl (C=O) groups is 1. The third kappa shape index (κ3) is 4.19. The highest BCUT2D eigenvalue weighted by molar-refractivity contribution is 7.20. The van der Waals surface area contributed by atoms with Crippen molar-refractivity contribution in [2.24, 2.45) is 0 Å². The third-order valence-electron chi connectivity index (χ3n) is 4.53. The number of thiophene rings is 1. The molecule has 31 heavy (non-hydrogen) atoms. The normalized spacial score (nSPS) is 11.4. The van der Waals surface area contributed by atoms with Crippen molar-refractivity contribution < 1.29 is 24.1 Å². The molecule has 0 radical (unpaired) electrons. The smallest absolute Gasteiger partial charge is 0.336 e. The lowest BCUT2D eigenvalue weighted by molar-refractivity contribution is -0.130. The van der Waals surface area contributed by atoms with E-state index in [0.717, 1.165) is 10.1 Å². The van der Waals surface area contributed by atoms with Crippen molar-refractivity contribution in [3.63, 3.8) is 0 Å². The fourth-order valence-corrected chi connectivity index (χ4v) is 4.16. The second kappa shape index (κ2) is 8.85. The van der Waals surface area contributed by atoms with E-state index in [1.807, 2.05) is 12.1 Å². The topological polar surface area (TPSA) is 90.8 Å². The number of benzene rings is 1. The number of fused-ring (bicyclic) bond motifs is 1.